The Morgan fingerprint density at radius 2 is 1.22 bits per heavy atom. The molecule has 77 heavy (non-hydrogen) atoms. The minimum Gasteiger partial charge on any atom is -0.497 e. The first-order chi connectivity index (χ1) is 37.5. The van der Waals surface area contributed by atoms with Gasteiger partial charge in [-0.1, -0.05) is 138 Å². The fourth-order valence-corrected chi connectivity index (χ4v) is 11.7. The highest BCUT2D eigenvalue weighted by Gasteiger charge is 2.51. The Balaban J connectivity index is 1.31. The van der Waals surface area contributed by atoms with Crippen LogP contribution in [0.1, 0.15) is 160 Å². The third kappa shape index (κ3) is 19.7. The molecule has 2 heterocycles. The number of ether oxygens (including phenoxy) is 7. The molecule has 0 amide bonds. The standard InChI is InChI=1S/C60H87N4O12P/c1-46(2)64(47(3)4)77(74-42-26-39-61)76-56-53(45-73-60(48-27-22-21-23-28-48,49-30-34-51(68-5)35-31-49)50-32-36-52(69-6)37-33-50)75-58(63-40-38-54(65)62-59(63)67)57(56)72-44-43-71-41-25-20-18-16-14-12-10-8-9-11-13-15-17-19-24-29-55(66)70-7/h21-23,27-28,30-38,40,46-47,53,56-58H,8-20,24-26,29,41-45H2,1-7H3,(H,62,65,67)/t53-,56-,57-,58-,77?/m1/s1. The van der Waals surface area contributed by atoms with Crippen LogP contribution in [0.2, 0.25) is 0 Å². The number of H-pyrrole nitrogens is 1. The van der Waals surface area contributed by atoms with Gasteiger partial charge in [-0.25, -0.2) is 9.46 Å². The van der Waals surface area contributed by atoms with Crippen molar-refractivity contribution in [3.8, 4) is 17.6 Å². The molecule has 4 aromatic rings. The zero-order valence-electron chi connectivity index (χ0n) is 46.9. The van der Waals surface area contributed by atoms with Gasteiger partial charge in [-0.3, -0.25) is 19.1 Å². The molecule has 5 rings (SSSR count). The molecule has 0 radical (unpaired) electrons. The van der Waals surface area contributed by atoms with Crippen LogP contribution in [0.3, 0.4) is 0 Å². The summed E-state index contributed by atoms with van der Waals surface area (Å²) >= 11 is 0. The lowest BCUT2D eigenvalue weighted by atomic mass is 9.80. The molecular weight excluding hydrogens is 1000 g/mol. The molecule has 0 spiro atoms. The molecule has 16 nitrogen and oxygen atoms in total. The van der Waals surface area contributed by atoms with Crippen LogP contribution >= 0.6 is 8.53 Å². The molecule has 1 aromatic heterocycles. The summed E-state index contributed by atoms with van der Waals surface area (Å²) in [6, 6.07) is 28.9. The first-order valence-electron chi connectivity index (χ1n) is 27.9. The third-order valence-corrected chi connectivity index (χ3v) is 16.0. The van der Waals surface area contributed by atoms with Crippen LogP contribution < -0.4 is 20.7 Å². The fraction of sp³-hybridized carbons (Fsp3) is 0.600. The number of methoxy groups -OCH3 is 3. The van der Waals surface area contributed by atoms with E-state index in [1.165, 1.54) is 94.6 Å². The molecule has 5 atom stereocenters. The van der Waals surface area contributed by atoms with Crippen molar-refractivity contribution in [1.82, 2.24) is 14.2 Å². The summed E-state index contributed by atoms with van der Waals surface area (Å²) in [6.07, 6.45) is 16.1. The molecule has 1 saturated heterocycles. The van der Waals surface area contributed by atoms with Crippen LogP contribution in [0.4, 0.5) is 0 Å². The van der Waals surface area contributed by atoms with E-state index in [1.807, 2.05) is 78.9 Å². The number of carbonyl (C=O) groups is 1. The molecule has 1 N–H and O–H groups in total. The van der Waals surface area contributed by atoms with Crippen LogP contribution in [-0.2, 0) is 43.1 Å². The van der Waals surface area contributed by atoms with E-state index < -0.39 is 49.9 Å². The zero-order chi connectivity index (χ0) is 55.3. The summed E-state index contributed by atoms with van der Waals surface area (Å²) in [5.74, 6) is 1.25. The highest BCUT2D eigenvalue weighted by molar-refractivity contribution is 7.44. The molecule has 424 valence electrons. The smallest absolute Gasteiger partial charge is 0.330 e. The van der Waals surface area contributed by atoms with Gasteiger partial charge in [-0.2, -0.15) is 5.26 Å². The molecule has 0 saturated carbocycles. The highest BCUT2D eigenvalue weighted by atomic mass is 31.2. The van der Waals surface area contributed by atoms with Crippen molar-refractivity contribution in [1.29, 1.82) is 5.26 Å². The largest absolute Gasteiger partial charge is 0.497 e. The first kappa shape index (κ1) is 62.9. The van der Waals surface area contributed by atoms with Gasteiger partial charge >= 0.3 is 11.7 Å². The van der Waals surface area contributed by atoms with Crippen LogP contribution in [0, 0.1) is 11.3 Å². The topological polar surface area (TPSA) is 182 Å². The van der Waals surface area contributed by atoms with E-state index >= 15 is 0 Å². The van der Waals surface area contributed by atoms with Crippen molar-refractivity contribution >= 4 is 14.5 Å². The van der Waals surface area contributed by atoms with Crippen LogP contribution in [0.5, 0.6) is 11.5 Å². The zero-order valence-corrected chi connectivity index (χ0v) is 47.8. The van der Waals surface area contributed by atoms with Gasteiger partial charge in [0.2, 0.25) is 0 Å². The molecule has 0 bridgehead atoms. The van der Waals surface area contributed by atoms with E-state index in [0.29, 0.717) is 24.5 Å². The number of benzene rings is 3. The Morgan fingerprint density at radius 1 is 0.688 bits per heavy atom. The molecule has 1 fully saturated rings. The van der Waals surface area contributed by atoms with E-state index in [1.54, 1.807) is 14.2 Å². The van der Waals surface area contributed by atoms with Gasteiger partial charge in [0.25, 0.3) is 14.1 Å². The predicted molar refractivity (Wildman–Crippen MR) is 300 cm³/mol. The lowest BCUT2D eigenvalue weighted by Crippen LogP contribution is -2.44. The van der Waals surface area contributed by atoms with Crippen molar-refractivity contribution in [2.75, 3.05) is 54.4 Å². The van der Waals surface area contributed by atoms with Crippen LogP contribution in [-0.4, -0.2) is 105 Å². The van der Waals surface area contributed by atoms with E-state index in [9.17, 15) is 19.6 Å². The van der Waals surface area contributed by atoms with Gasteiger partial charge in [0.15, 0.2) is 6.23 Å². The average molecular weight is 1090 g/mol. The molecule has 1 aliphatic rings. The Kier molecular flexibility index (Phi) is 28.4. The second kappa shape index (κ2) is 34.8. The molecular formula is C60H87N4O12P. The summed E-state index contributed by atoms with van der Waals surface area (Å²) in [5.41, 5.74) is 0.0203. The number of aromatic nitrogens is 2. The van der Waals surface area contributed by atoms with Gasteiger partial charge in [0, 0.05) is 37.4 Å². The van der Waals surface area contributed by atoms with Gasteiger partial charge in [0.1, 0.15) is 35.4 Å². The van der Waals surface area contributed by atoms with E-state index in [4.69, 9.17) is 42.2 Å². The second-order valence-electron chi connectivity index (χ2n) is 20.1. The lowest BCUT2D eigenvalue weighted by Gasteiger charge is -2.39. The SMILES string of the molecule is COC(=O)CCCCCCCCCCCCCCCCCOCCO[C@@H]1[C@H](OP(OCCC#N)N(C(C)C)C(C)C)[C@@H](COC(c2ccccc2)(c2ccc(OC)cc2)c2ccc(OC)cc2)O[C@H]1n1ccc(=O)[nH]c1=O. The van der Waals surface area contributed by atoms with Crippen molar-refractivity contribution in [3.05, 3.63) is 129 Å². The van der Waals surface area contributed by atoms with Crippen molar-refractivity contribution in [3.63, 3.8) is 0 Å². The monoisotopic (exact) mass is 1090 g/mol. The van der Waals surface area contributed by atoms with E-state index in [-0.39, 0.29) is 50.9 Å². The maximum Gasteiger partial charge on any atom is 0.330 e. The molecule has 1 unspecified atom stereocenters. The van der Waals surface area contributed by atoms with Gasteiger partial charge in [-0.15, -0.1) is 0 Å². The number of nitrogens with zero attached hydrogens (tertiary/aromatic N) is 3. The number of unbranched alkanes of at least 4 members (excludes halogenated alkanes) is 14. The maximum atomic E-state index is 13.7. The number of nitriles is 1. The Bertz CT molecular complexity index is 2360. The summed E-state index contributed by atoms with van der Waals surface area (Å²) in [4.78, 5) is 39.8. The van der Waals surface area contributed by atoms with Gasteiger partial charge in [0.05, 0.1) is 60.2 Å². The van der Waals surface area contributed by atoms with Crippen molar-refractivity contribution in [2.45, 2.75) is 179 Å². The molecule has 0 aliphatic carbocycles. The second-order valence-corrected chi connectivity index (χ2v) is 21.5. The van der Waals surface area contributed by atoms with Crippen LogP contribution in [0.25, 0.3) is 0 Å². The Hall–Kier alpha value is -4.95. The number of hydrogen-bond acceptors (Lipinski definition) is 14. The summed E-state index contributed by atoms with van der Waals surface area (Å²) < 4.78 is 60.3. The Morgan fingerprint density at radius 3 is 1.73 bits per heavy atom. The fourth-order valence-electron chi connectivity index (χ4n) is 9.90. The number of nitrogens with one attached hydrogen (secondary N) is 1. The number of aromatic amines is 1. The molecule has 3 aromatic carbocycles. The molecule has 17 heteroatoms. The Labute approximate surface area is 459 Å². The minimum absolute atomic E-state index is 0.0180. The van der Waals surface area contributed by atoms with E-state index in [0.717, 1.165) is 42.4 Å². The number of esters is 1. The quantitative estimate of drug-likeness (QED) is 0.0193. The minimum atomic E-state index is -1.85. The maximum absolute atomic E-state index is 13.7. The van der Waals surface area contributed by atoms with Crippen molar-refractivity contribution in [2.24, 2.45) is 0 Å². The average Bonchev–Trinajstić information content (AvgIpc) is 3.84. The lowest BCUT2D eigenvalue weighted by molar-refractivity contribution is -0.140. The highest BCUT2D eigenvalue weighted by Crippen LogP contribution is 2.51. The van der Waals surface area contributed by atoms with E-state index in [2.05, 4.69) is 43.4 Å². The van der Waals surface area contributed by atoms with Gasteiger partial charge < -0.3 is 42.2 Å². The number of rotatable bonds is 39. The normalized spacial score (nSPS) is 17.0. The summed E-state index contributed by atoms with van der Waals surface area (Å²) in [5, 5.41) is 9.58. The first-order valence-corrected chi connectivity index (χ1v) is 29.1. The summed E-state index contributed by atoms with van der Waals surface area (Å²) in [7, 11) is 2.85. The number of hydrogen-bond donors (Lipinski definition) is 1. The predicted octanol–water partition coefficient (Wildman–Crippen LogP) is 11.9. The third-order valence-electron chi connectivity index (χ3n) is 13.9. The molecule has 1 aliphatic heterocycles. The van der Waals surface area contributed by atoms with Crippen LogP contribution in [0.15, 0.2) is 101 Å². The van der Waals surface area contributed by atoms with Gasteiger partial charge in [-0.05, 0) is 81.5 Å². The summed E-state index contributed by atoms with van der Waals surface area (Å²) in [6.45, 7) is 9.35. The number of carbonyl (C=O) groups excluding carboxylic acids is 1. The van der Waals surface area contributed by atoms with Crippen molar-refractivity contribution < 1.29 is 47.0 Å².